The second kappa shape index (κ2) is 10.3. The Hall–Kier alpha value is -4.15. The molecule has 1 saturated heterocycles. The number of phenolic OH excluding ortho intramolecular Hbond substituents is 1. The van der Waals surface area contributed by atoms with Crippen LogP contribution in [0.1, 0.15) is 24.5 Å². The lowest BCUT2D eigenvalue weighted by atomic mass is 9.88. The number of benzene rings is 2. The number of ether oxygens (including phenoxy) is 2. The highest BCUT2D eigenvalue weighted by atomic mass is 19.1. The second-order valence-corrected chi connectivity index (χ2v) is 9.42. The summed E-state index contributed by atoms with van der Waals surface area (Å²) in [6.07, 6.45) is 2.46. The van der Waals surface area contributed by atoms with Crippen LogP contribution in [0.15, 0.2) is 41.3 Å². The topological polar surface area (TPSA) is 97.1 Å². The molecule has 2 heterocycles. The van der Waals surface area contributed by atoms with Gasteiger partial charge in [0.25, 0.3) is 0 Å². The second-order valence-electron chi connectivity index (χ2n) is 9.42. The number of carbonyl (C=O) groups is 1. The number of fused-ring (bicyclic) bond motifs is 1. The van der Waals surface area contributed by atoms with Crippen molar-refractivity contribution in [2.75, 3.05) is 38.2 Å². The molecule has 1 aliphatic heterocycles. The summed E-state index contributed by atoms with van der Waals surface area (Å²) < 4.78 is 40.6. The number of hydrogen-bond donors (Lipinski definition) is 1. The molecule has 5 rings (SSSR count). The molecule has 0 radical (unpaired) electrons. The number of anilines is 1. The van der Waals surface area contributed by atoms with Gasteiger partial charge in [0.05, 0.1) is 19.0 Å². The van der Waals surface area contributed by atoms with Gasteiger partial charge in [0.15, 0.2) is 0 Å². The summed E-state index contributed by atoms with van der Waals surface area (Å²) in [5.74, 6) is -0.907. The molecule has 0 saturated carbocycles. The van der Waals surface area contributed by atoms with Gasteiger partial charge in [-0.3, -0.25) is 9.59 Å². The predicted molar refractivity (Wildman–Crippen MR) is 135 cm³/mol. The highest BCUT2D eigenvalue weighted by Crippen LogP contribution is 2.37. The lowest BCUT2D eigenvalue weighted by molar-refractivity contribution is -0.129. The van der Waals surface area contributed by atoms with Crippen molar-refractivity contribution in [3.8, 4) is 22.9 Å². The molecule has 1 aromatic heterocycles. The minimum absolute atomic E-state index is 0.00298. The van der Waals surface area contributed by atoms with E-state index in [1.807, 2.05) is 4.90 Å². The highest BCUT2D eigenvalue weighted by molar-refractivity contribution is 5.73. The maximum Gasteiger partial charge on any atom is 0.316 e. The Balaban J connectivity index is 1.52. The van der Waals surface area contributed by atoms with E-state index in [2.05, 4.69) is 5.10 Å². The van der Waals surface area contributed by atoms with E-state index in [1.165, 1.54) is 13.1 Å². The fraction of sp³-hybridized carbons (Fsp3) is 0.370. The molecule has 11 heteroatoms. The van der Waals surface area contributed by atoms with Gasteiger partial charge in [-0.25, -0.2) is 8.78 Å². The van der Waals surface area contributed by atoms with E-state index in [4.69, 9.17) is 9.47 Å². The molecule has 1 atom stereocenters. The molecule has 1 unspecified atom stereocenters. The van der Waals surface area contributed by atoms with Gasteiger partial charge < -0.3 is 24.4 Å². The van der Waals surface area contributed by atoms with Crippen LogP contribution in [0.3, 0.4) is 0 Å². The average Bonchev–Trinajstić information content (AvgIpc) is 2.90. The Bertz CT molecular complexity index is 1420. The van der Waals surface area contributed by atoms with Gasteiger partial charge in [0.2, 0.25) is 11.7 Å². The normalized spacial score (nSPS) is 17.2. The minimum Gasteiger partial charge on any atom is -0.508 e. The van der Waals surface area contributed by atoms with Gasteiger partial charge in [0.1, 0.15) is 34.9 Å². The number of rotatable bonds is 5. The van der Waals surface area contributed by atoms with Crippen LogP contribution in [-0.4, -0.2) is 65.1 Å². The van der Waals surface area contributed by atoms with E-state index in [9.17, 15) is 23.5 Å². The monoisotopic (exact) mass is 526 g/mol. The van der Waals surface area contributed by atoms with Crippen LogP contribution in [0, 0.1) is 11.6 Å². The van der Waals surface area contributed by atoms with Crippen molar-refractivity contribution in [3.63, 3.8) is 0 Å². The fourth-order valence-electron chi connectivity index (χ4n) is 5.13. The molecule has 3 aromatic rings. The van der Waals surface area contributed by atoms with Crippen LogP contribution in [0.5, 0.6) is 17.2 Å². The van der Waals surface area contributed by atoms with E-state index in [-0.39, 0.29) is 23.1 Å². The number of phenols is 1. The maximum atomic E-state index is 13.9. The van der Waals surface area contributed by atoms with E-state index in [1.54, 1.807) is 24.1 Å². The van der Waals surface area contributed by atoms with Crippen LogP contribution in [0.25, 0.3) is 5.69 Å². The molecular weight excluding hydrogens is 498 g/mol. The van der Waals surface area contributed by atoms with Crippen molar-refractivity contribution in [2.24, 2.45) is 0 Å². The average molecular weight is 527 g/mol. The zero-order valence-electron chi connectivity index (χ0n) is 21.1. The maximum absolute atomic E-state index is 13.9. The third kappa shape index (κ3) is 4.88. The number of aromatic hydroxyl groups is 1. The minimum atomic E-state index is -0.839. The molecule has 2 aromatic carbocycles. The lowest BCUT2D eigenvalue weighted by Crippen LogP contribution is -2.48. The van der Waals surface area contributed by atoms with Gasteiger partial charge in [-0.2, -0.15) is 9.78 Å². The van der Waals surface area contributed by atoms with E-state index in [0.29, 0.717) is 62.4 Å². The largest absolute Gasteiger partial charge is 0.508 e. The first-order chi connectivity index (χ1) is 18.2. The highest BCUT2D eigenvalue weighted by Gasteiger charge is 2.30. The van der Waals surface area contributed by atoms with E-state index < -0.39 is 23.3 Å². The number of hydrogen-bond acceptors (Lipinski definition) is 7. The number of halogens is 2. The first kappa shape index (κ1) is 25.5. The molecule has 9 nitrogen and oxygen atoms in total. The summed E-state index contributed by atoms with van der Waals surface area (Å²) in [5, 5.41) is 14.7. The molecule has 38 heavy (non-hydrogen) atoms. The molecule has 1 aliphatic carbocycles. The molecule has 2 aliphatic rings. The van der Waals surface area contributed by atoms with Crippen molar-refractivity contribution >= 4 is 11.6 Å². The number of piperazine rings is 1. The molecule has 1 fully saturated rings. The quantitative estimate of drug-likeness (QED) is 0.546. The van der Waals surface area contributed by atoms with Crippen LogP contribution in [-0.2, 0) is 17.6 Å². The Kier molecular flexibility index (Phi) is 6.92. The Labute approximate surface area is 217 Å². The third-order valence-corrected chi connectivity index (χ3v) is 7.09. The first-order valence-electron chi connectivity index (χ1n) is 12.4. The van der Waals surface area contributed by atoms with Crippen molar-refractivity contribution in [3.05, 3.63) is 69.6 Å². The van der Waals surface area contributed by atoms with Crippen LogP contribution >= 0.6 is 0 Å². The van der Waals surface area contributed by atoms with Crippen LogP contribution < -0.4 is 19.9 Å². The standard InChI is InChI=1S/C27H28F2N4O5/c1-16(34)31-7-9-32(10-8-31)23-15-30-33(19-12-17(28)11-18(29)13-19)27(36)26(23)38-20-3-4-21-22(14-20)24(35)5-6-25(21)37-2/h5-6,11-13,15,20,35H,3-4,7-10,14H2,1-2H3. The smallest absolute Gasteiger partial charge is 0.316 e. The summed E-state index contributed by atoms with van der Waals surface area (Å²) in [6.45, 7) is 3.37. The van der Waals surface area contributed by atoms with E-state index in [0.717, 1.165) is 28.4 Å². The van der Waals surface area contributed by atoms with Crippen LogP contribution in [0.2, 0.25) is 0 Å². The summed E-state index contributed by atoms with van der Waals surface area (Å²) in [6, 6.07) is 6.04. The van der Waals surface area contributed by atoms with Crippen molar-refractivity contribution < 1.29 is 28.2 Å². The van der Waals surface area contributed by atoms with Crippen molar-refractivity contribution in [1.82, 2.24) is 14.7 Å². The summed E-state index contributed by atoms with van der Waals surface area (Å²) in [4.78, 5) is 29.1. The Morgan fingerprint density at radius 1 is 1.08 bits per heavy atom. The molecule has 0 bridgehead atoms. The molecule has 200 valence electrons. The molecule has 0 spiro atoms. The van der Waals surface area contributed by atoms with Gasteiger partial charge >= 0.3 is 5.56 Å². The molecular formula is C27H28F2N4O5. The van der Waals surface area contributed by atoms with Crippen molar-refractivity contribution in [2.45, 2.75) is 32.3 Å². The number of amides is 1. The fourth-order valence-corrected chi connectivity index (χ4v) is 5.13. The zero-order valence-corrected chi connectivity index (χ0v) is 21.1. The Morgan fingerprint density at radius 2 is 1.79 bits per heavy atom. The SMILES string of the molecule is COc1ccc(O)c2c1CCC(Oc1c(N3CCN(C(C)=O)CC3)cnn(-c3cc(F)cc(F)c3)c1=O)C2. The van der Waals surface area contributed by atoms with Gasteiger partial charge in [-0.15, -0.1) is 0 Å². The first-order valence-corrected chi connectivity index (χ1v) is 12.4. The van der Waals surface area contributed by atoms with Gasteiger partial charge in [-0.1, -0.05) is 0 Å². The van der Waals surface area contributed by atoms with Gasteiger partial charge in [-0.05, 0) is 37.1 Å². The van der Waals surface area contributed by atoms with Crippen molar-refractivity contribution in [1.29, 1.82) is 0 Å². The number of methoxy groups -OCH3 is 1. The summed E-state index contributed by atoms with van der Waals surface area (Å²) >= 11 is 0. The molecule has 1 N–H and O–H groups in total. The number of carbonyl (C=O) groups excluding carboxylic acids is 1. The number of nitrogens with zero attached hydrogens (tertiary/aromatic N) is 4. The van der Waals surface area contributed by atoms with E-state index >= 15 is 0 Å². The summed E-state index contributed by atoms with van der Waals surface area (Å²) in [5.41, 5.74) is 1.30. The third-order valence-electron chi connectivity index (χ3n) is 7.09. The summed E-state index contributed by atoms with van der Waals surface area (Å²) in [7, 11) is 1.57. The Morgan fingerprint density at radius 3 is 2.45 bits per heavy atom. The van der Waals surface area contributed by atoms with Crippen LogP contribution in [0.4, 0.5) is 14.5 Å². The lowest BCUT2D eigenvalue weighted by Gasteiger charge is -2.36. The van der Waals surface area contributed by atoms with Gasteiger partial charge in [0, 0.05) is 56.7 Å². The number of aromatic nitrogens is 2. The predicted octanol–water partition coefficient (Wildman–Crippen LogP) is 2.83. The zero-order chi connectivity index (χ0) is 27.0. The molecule has 1 amide bonds.